The maximum Gasteiger partial charge on any atom is 0.260 e. The van der Waals surface area contributed by atoms with E-state index in [0.29, 0.717) is 30.3 Å². The van der Waals surface area contributed by atoms with E-state index < -0.39 is 0 Å². The average Bonchev–Trinajstić information content (AvgIpc) is 2.45. The fourth-order valence-corrected chi connectivity index (χ4v) is 1.86. The molecular weight excluding hydrogens is 282 g/mol. The highest BCUT2D eigenvalue weighted by molar-refractivity contribution is 6.32. The number of para-hydroxylation sites is 1. The molecule has 1 N–H and O–H groups in total. The van der Waals surface area contributed by atoms with E-state index in [1.165, 1.54) is 0 Å². The van der Waals surface area contributed by atoms with Crippen molar-refractivity contribution >= 4 is 17.5 Å². The summed E-state index contributed by atoms with van der Waals surface area (Å²) in [6.07, 6.45) is 0.717. The maximum atomic E-state index is 12.0. The fraction of sp³-hybridized carbons (Fsp3) is 0.500. The molecule has 0 radical (unpaired) electrons. The molecule has 0 saturated carbocycles. The highest BCUT2D eigenvalue weighted by Gasteiger charge is 2.14. The molecule has 0 bridgehead atoms. The van der Waals surface area contributed by atoms with E-state index in [1.807, 2.05) is 0 Å². The van der Waals surface area contributed by atoms with Gasteiger partial charge in [0.2, 0.25) is 0 Å². The first-order chi connectivity index (χ1) is 9.69. The zero-order chi connectivity index (χ0) is 14.8. The van der Waals surface area contributed by atoms with Crippen molar-refractivity contribution < 1.29 is 19.4 Å². The Morgan fingerprint density at radius 2 is 2.10 bits per heavy atom. The van der Waals surface area contributed by atoms with Crippen LogP contribution in [0.4, 0.5) is 0 Å². The maximum absolute atomic E-state index is 12.0. The molecule has 6 heteroatoms. The highest BCUT2D eigenvalue weighted by atomic mass is 35.5. The molecule has 0 aliphatic heterocycles. The lowest BCUT2D eigenvalue weighted by Crippen LogP contribution is -2.38. The van der Waals surface area contributed by atoms with Gasteiger partial charge in [-0.1, -0.05) is 23.7 Å². The molecule has 5 nitrogen and oxygen atoms in total. The van der Waals surface area contributed by atoms with Crippen LogP contribution < -0.4 is 4.74 Å². The summed E-state index contributed by atoms with van der Waals surface area (Å²) in [4.78, 5) is 13.6. The van der Waals surface area contributed by atoms with Crippen molar-refractivity contribution in [2.45, 2.75) is 6.42 Å². The van der Waals surface area contributed by atoms with Gasteiger partial charge in [-0.3, -0.25) is 4.79 Å². The number of methoxy groups -OCH3 is 1. The Balaban J connectivity index is 2.47. The molecular formula is C14H20ClNO4. The van der Waals surface area contributed by atoms with Crippen LogP contribution in [-0.4, -0.2) is 55.9 Å². The van der Waals surface area contributed by atoms with Gasteiger partial charge in [-0.05, 0) is 18.6 Å². The predicted molar refractivity (Wildman–Crippen MR) is 77.1 cm³/mol. The smallest absolute Gasteiger partial charge is 0.260 e. The second-order valence-electron chi connectivity index (χ2n) is 4.17. The lowest BCUT2D eigenvalue weighted by atomic mass is 10.3. The van der Waals surface area contributed by atoms with Crippen LogP contribution in [0, 0.1) is 0 Å². The first-order valence-corrected chi connectivity index (χ1v) is 6.81. The zero-order valence-electron chi connectivity index (χ0n) is 11.5. The number of rotatable bonds is 9. The van der Waals surface area contributed by atoms with Crippen LogP contribution in [0.1, 0.15) is 6.42 Å². The fourth-order valence-electron chi connectivity index (χ4n) is 1.67. The SMILES string of the molecule is COCCCN(CCO)C(=O)COc1ccccc1Cl. The van der Waals surface area contributed by atoms with E-state index in [1.54, 1.807) is 36.3 Å². The lowest BCUT2D eigenvalue weighted by Gasteiger charge is -2.21. The first kappa shape index (κ1) is 16.8. The van der Waals surface area contributed by atoms with E-state index in [2.05, 4.69) is 0 Å². The van der Waals surface area contributed by atoms with Gasteiger partial charge in [0.1, 0.15) is 5.75 Å². The largest absolute Gasteiger partial charge is 0.482 e. The van der Waals surface area contributed by atoms with E-state index in [9.17, 15) is 4.79 Å². The molecule has 0 heterocycles. The second-order valence-corrected chi connectivity index (χ2v) is 4.58. The molecule has 112 valence electrons. The molecule has 0 aliphatic rings. The number of benzene rings is 1. The van der Waals surface area contributed by atoms with Crippen molar-refractivity contribution in [3.8, 4) is 5.75 Å². The molecule has 1 aromatic carbocycles. The molecule has 0 spiro atoms. The van der Waals surface area contributed by atoms with Crippen molar-refractivity contribution in [1.29, 1.82) is 0 Å². The van der Waals surface area contributed by atoms with E-state index >= 15 is 0 Å². The van der Waals surface area contributed by atoms with Gasteiger partial charge < -0.3 is 19.5 Å². The van der Waals surface area contributed by atoms with Crippen molar-refractivity contribution in [1.82, 2.24) is 4.90 Å². The number of hydrogen-bond acceptors (Lipinski definition) is 4. The van der Waals surface area contributed by atoms with Gasteiger partial charge in [-0.15, -0.1) is 0 Å². The Morgan fingerprint density at radius 3 is 2.75 bits per heavy atom. The highest BCUT2D eigenvalue weighted by Crippen LogP contribution is 2.22. The molecule has 0 unspecified atom stereocenters. The van der Waals surface area contributed by atoms with Crippen LogP contribution in [0.5, 0.6) is 5.75 Å². The second kappa shape index (κ2) is 9.58. The Kier molecular flexibility index (Phi) is 8.02. The number of nitrogens with zero attached hydrogens (tertiary/aromatic N) is 1. The summed E-state index contributed by atoms with van der Waals surface area (Å²) < 4.78 is 10.3. The molecule has 1 aromatic rings. The van der Waals surface area contributed by atoms with E-state index in [0.717, 1.165) is 0 Å². The Morgan fingerprint density at radius 1 is 1.35 bits per heavy atom. The van der Waals surface area contributed by atoms with E-state index in [4.69, 9.17) is 26.2 Å². The quantitative estimate of drug-likeness (QED) is 0.704. The average molecular weight is 302 g/mol. The Hall–Kier alpha value is -1.30. The summed E-state index contributed by atoms with van der Waals surface area (Å²) in [5.74, 6) is 0.290. The molecule has 0 aromatic heterocycles. The van der Waals surface area contributed by atoms with Crippen molar-refractivity contribution in [3.05, 3.63) is 29.3 Å². The van der Waals surface area contributed by atoms with Crippen LogP contribution >= 0.6 is 11.6 Å². The normalized spacial score (nSPS) is 10.3. The van der Waals surface area contributed by atoms with Crippen LogP contribution in [0.25, 0.3) is 0 Å². The predicted octanol–water partition coefficient (Wildman–Crippen LogP) is 1.58. The van der Waals surface area contributed by atoms with Gasteiger partial charge in [-0.25, -0.2) is 0 Å². The number of carbonyl (C=O) groups excluding carboxylic acids is 1. The summed E-state index contributed by atoms with van der Waals surface area (Å²) >= 11 is 5.94. The number of carbonyl (C=O) groups is 1. The summed E-state index contributed by atoms with van der Waals surface area (Å²) in [6, 6.07) is 6.98. The number of hydrogen-bond donors (Lipinski definition) is 1. The number of amides is 1. The molecule has 20 heavy (non-hydrogen) atoms. The molecule has 0 fully saturated rings. The molecule has 1 amide bonds. The number of aliphatic hydroxyl groups is 1. The summed E-state index contributed by atoms with van der Waals surface area (Å²) in [6.45, 7) is 1.20. The number of aliphatic hydroxyl groups excluding tert-OH is 1. The Labute approximate surface area is 124 Å². The first-order valence-electron chi connectivity index (χ1n) is 6.44. The minimum absolute atomic E-state index is 0.0786. The Bertz CT molecular complexity index is 414. The van der Waals surface area contributed by atoms with E-state index in [-0.39, 0.29) is 25.7 Å². The molecule has 0 saturated heterocycles. The van der Waals surface area contributed by atoms with Gasteiger partial charge in [-0.2, -0.15) is 0 Å². The van der Waals surface area contributed by atoms with Crippen LogP contribution in [0.3, 0.4) is 0 Å². The third-order valence-corrected chi connectivity index (χ3v) is 3.00. The van der Waals surface area contributed by atoms with Gasteiger partial charge in [0.05, 0.1) is 11.6 Å². The van der Waals surface area contributed by atoms with Gasteiger partial charge in [0.25, 0.3) is 5.91 Å². The minimum atomic E-state index is -0.185. The molecule has 0 atom stereocenters. The third-order valence-electron chi connectivity index (χ3n) is 2.69. The standard InChI is InChI=1S/C14H20ClNO4/c1-19-10-4-7-16(8-9-17)14(18)11-20-13-6-3-2-5-12(13)15/h2-3,5-6,17H,4,7-11H2,1H3. The molecule has 0 aliphatic carbocycles. The lowest BCUT2D eigenvalue weighted by molar-refractivity contribution is -0.134. The number of halogens is 1. The van der Waals surface area contributed by atoms with Gasteiger partial charge >= 0.3 is 0 Å². The topological polar surface area (TPSA) is 59.0 Å². The monoisotopic (exact) mass is 301 g/mol. The van der Waals surface area contributed by atoms with Crippen molar-refractivity contribution in [3.63, 3.8) is 0 Å². The third kappa shape index (κ3) is 5.77. The zero-order valence-corrected chi connectivity index (χ0v) is 12.3. The van der Waals surface area contributed by atoms with Crippen LogP contribution in [-0.2, 0) is 9.53 Å². The van der Waals surface area contributed by atoms with Gasteiger partial charge in [0, 0.05) is 26.8 Å². The summed E-state index contributed by atoms with van der Waals surface area (Å²) in [7, 11) is 1.61. The van der Waals surface area contributed by atoms with Gasteiger partial charge in [0.15, 0.2) is 6.61 Å². The van der Waals surface area contributed by atoms with Crippen molar-refractivity contribution in [2.24, 2.45) is 0 Å². The van der Waals surface area contributed by atoms with Crippen LogP contribution in [0.15, 0.2) is 24.3 Å². The minimum Gasteiger partial charge on any atom is -0.482 e. The van der Waals surface area contributed by atoms with Crippen LogP contribution in [0.2, 0.25) is 5.02 Å². The number of ether oxygens (including phenoxy) is 2. The van der Waals surface area contributed by atoms with Crippen molar-refractivity contribution in [2.75, 3.05) is 40.0 Å². The molecule has 1 rings (SSSR count). The summed E-state index contributed by atoms with van der Waals surface area (Å²) in [5, 5.41) is 9.45. The summed E-state index contributed by atoms with van der Waals surface area (Å²) in [5.41, 5.74) is 0.